The van der Waals surface area contributed by atoms with Gasteiger partial charge in [-0.3, -0.25) is 9.52 Å². The van der Waals surface area contributed by atoms with Crippen LogP contribution in [0.4, 0.5) is 11.5 Å². The second kappa shape index (κ2) is 11.5. The lowest BCUT2D eigenvalue weighted by atomic mass is 10.3. The first-order valence-electron chi connectivity index (χ1n) is 10.6. The van der Waals surface area contributed by atoms with E-state index in [9.17, 15) is 13.2 Å². The van der Waals surface area contributed by atoms with E-state index < -0.39 is 15.9 Å². The smallest absolute Gasteiger partial charge is 0.321 e. The minimum atomic E-state index is -3.99. The number of hydrogen-bond donors (Lipinski definition) is 2. The van der Waals surface area contributed by atoms with Gasteiger partial charge in [-0.2, -0.15) is 9.97 Å². The summed E-state index contributed by atoms with van der Waals surface area (Å²) in [6.07, 6.45) is 0. The van der Waals surface area contributed by atoms with Gasteiger partial charge in [0.05, 0.1) is 19.1 Å². The van der Waals surface area contributed by atoms with Crippen LogP contribution in [-0.2, 0) is 16.6 Å². The molecule has 0 spiro atoms. The summed E-state index contributed by atoms with van der Waals surface area (Å²) in [6.45, 7) is 0.164. The molecule has 0 saturated carbocycles. The molecule has 0 fully saturated rings. The van der Waals surface area contributed by atoms with Gasteiger partial charge >= 0.3 is 6.01 Å². The van der Waals surface area contributed by atoms with Gasteiger partial charge in [-0.05, 0) is 83.3 Å². The van der Waals surface area contributed by atoms with Crippen LogP contribution in [0, 0.1) is 3.57 Å². The molecular weight excluding hydrogens is 615 g/mol. The summed E-state index contributed by atoms with van der Waals surface area (Å²) in [7, 11) is -1.25. The molecule has 192 valence electrons. The third kappa shape index (κ3) is 6.89. The lowest BCUT2D eigenvalue weighted by Crippen LogP contribution is -2.15. The molecule has 13 heteroatoms. The van der Waals surface area contributed by atoms with E-state index in [1.807, 2.05) is 24.3 Å². The Bertz CT molecular complexity index is 1470. The lowest BCUT2D eigenvalue weighted by Gasteiger charge is -2.10. The van der Waals surface area contributed by atoms with Crippen molar-refractivity contribution in [3.8, 4) is 17.6 Å². The molecule has 0 aliphatic rings. The average molecular weight is 636 g/mol. The minimum Gasteiger partial charge on any atom is -0.486 e. The predicted octanol–water partition coefficient (Wildman–Crippen LogP) is 4.32. The van der Waals surface area contributed by atoms with E-state index in [1.54, 1.807) is 6.07 Å². The number of nitrogens with one attached hydrogen (secondary N) is 2. The van der Waals surface area contributed by atoms with Gasteiger partial charge in [0.1, 0.15) is 18.1 Å². The third-order valence-corrected chi connectivity index (χ3v) is 6.91. The molecule has 0 bridgehead atoms. The molecule has 0 radical (unpaired) electrons. The topological polar surface area (TPSA) is 142 Å². The number of benzene rings is 2. The molecule has 4 aromatic rings. The van der Waals surface area contributed by atoms with Gasteiger partial charge in [-0.15, -0.1) is 0 Å². The highest BCUT2D eigenvalue weighted by molar-refractivity contribution is 14.1. The van der Waals surface area contributed by atoms with Gasteiger partial charge in [0, 0.05) is 15.3 Å². The van der Waals surface area contributed by atoms with Crippen LogP contribution in [0.5, 0.6) is 17.6 Å². The summed E-state index contributed by atoms with van der Waals surface area (Å²) in [5.74, 6) is 0.867. The fraction of sp³-hybridized carbons (Fsp3) is 0.125. The highest BCUT2D eigenvalue weighted by atomic mass is 127. The number of halogens is 1. The molecule has 0 aliphatic carbocycles. The van der Waals surface area contributed by atoms with Crippen molar-refractivity contribution in [3.05, 3.63) is 81.8 Å². The van der Waals surface area contributed by atoms with E-state index in [0.29, 0.717) is 17.2 Å². The number of anilines is 2. The van der Waals surface area contributed by atoms with Crippen molar-refractivity contribution in [3.63, 3.8) is 0 Å². The zero-order chi connectivity index (χ0) is 26.4. The molecule has 2 aromatic heterocycles. The molecule has 0 unspecified atom stereocenters. The normalized spacial score (nSPS) is 11.0. The van der Waals surface area contributed by atoms with E-state index in [2.05, 4.69) is 42.6 Å². The highest BCUT2D eigenvalue weighted by Crippen LogP contribution is 2.22. The van der Waals surface area contributed by atoms with Crippen LogP contribution in [-0.4, -0.2) is 38.5 Å². The predicted molar refractivity (Wildman–Crippen MR) is 143 cm³/mol. The van der Waals surface area contributed by atoms with Crippen LogP contribution in [0.15, 0.2) is 76.0 Å². The molecule has 2 N–H and O–H groups in total. The monoisotopic (exact) mass is 636 g/mol. The maximum Gasteiger partial charge on any atom is 0.321 e. The Morgan fingerprint density at radius 2 is 1.70 bits per heavy atom. The Morgan fingerprint density at radius 1 is 0.973 bits per heavy atom. The Hall–Kier alpha value is -3.85. The van der Waals surface area contributed by atoms with Crippen LogP contribution < -0.4 is 24.2 Å². The van der Waals surface area contributed by atoms with Gasteiger partial charge in [0.15, 0.2) is 11.6 Å². The first kappa shape index (κ1) is 26.2. The summed E-state index contributed by atoms with van der Waals surface area (Å²) in [6, 6.07) is 17.6. The fourth-order valence-electron chi connectivity index (χ4n) is 3.02. The van der Waals surface area contributed by atoms with Gasteiger partial charge in [0.25, 0.3) is 15.9 Å². The molecule has 11 nitrogen and oxygen atoms in total. The zero-order valence-electron chi connectivity index (χ0n) is 19.6. The van der Waals surface area contributed by atoms with Crippen molar-refractivity contribution in [1.29, 1.82) is 0 Å². The van der Waals surface area contributed by atoms with E-state index in [0.717, 1.165) is 3.57 Å². The van der Waals surface area contributed by atoms with Gasteiger partial charge in [0.2, 0.25) is 5.88 Å². The molecule has 0 atom stereocenters. The Morgan fingerprint density at radius 3 is 2.38 bits per heavy atom. The average Bonchev–Trinajstić information content (AvgIpc) is 3.37. The van der Waals surface area contributed by atoms with Crippen LogP contribution in [0.25, 0.3) is 0 Å². The SMILES string of the molecule is COc1cc(NS(=O)(=O)c2ccc(NC(=O)c3ccc(COc4ccc(I)cc4)o3)cc2)nc(OC)n1. The van der Waals surface area contributed by atoms with Gasteiger partial charge in [-0.1, -0.05) is 0 Å². The van der Waals surface area contributed by atoms with E-state index in [1.165, 1.54) is 50.6 Å². The molecule has 4 rings (SSSR count). The Balaban J connectivity index is 1.37. The number of furan rings is 1. The fourth-order valence-corrected chi connectivity index (χ4v) is 4.37. The summed E-state index contributed by atoms with van der Waals surface area (Å²) in [5.41, 5.74) is 0.377. The number of sulfonamides is 1. The number of carbonyl (C=O) groups is 1. The molecular formula is C24H21IN4O7S. The second-order valence-electron chi connectivity index (χ2n) is 7.37. The van der Waals surface area contributed by atoms with Gasteiger partial charge in [-0.25, -0.2) is 8.42 Å². The van der Waals surface area contributed by atoms with E-state index in [-0.39, 0.29) is 35.0 Å². The van der Waals surface area contributed by atoms with Crippen LogP contribution in [0.3, 0.4) is 0 Å². The first-order chi connectivity index (χ1) is 17.8. The van der Waals surface area contributed by atoms with Gasteiger partial charge < -0.3 is 23.9 Å². The zero-order valence-corrected chi connectivity index (χ0v) is 22.6. The summed E-state index contributed by atoms with van der Waals surface area (Å²) >= 11 is 2.21. The maximum absolute atomic E-state index is 12.8. The number of hydrogen-bond acceptors (Lipinski definition) is 9. The van der Waals surface area contributed by atoms with Crippen molar-refractivity contribution >= 4 is 50.0 Å². The lowest BCUT2D eigenvalue weighted by molar-refractivity contribution is 0.0992. The number of ether oxygens (including phenoxy) is 3. The first-order valence-corrected chi connectivity index (χ1v) is 13.2. The van der Waals surface area contributed by atoms with E-state index >= 15 is 0 Å². The number of amides is 1. The highest BCUT2D eigenvalue weighted by Gasteiger charge is 2.18. The largest absolute Gasteiger partial charge is 0.486 e. The minimum absolute atomic E-state index is 0.0271. The number of carbonyl (C=O) groups excluding carboxylic acids is 1. The maximum atomic E-state index is 12.8. The van der Waals surface area contributed by atoms with Crippen molar-refractivity contribution in [2.75, 3.05) is 24.3 Å². The second-order valence-corrected chi connectivity index (χ2v) is 10.3. The van der Waals surface area contributed by atoms with E-state index in [4.69, 9.17) is 18.6 Å². The molecule has 0 saturated heterocycles. The number of nitrogens with zero attached hydrogens (tertiary/aromatic N) is 2. The molecule has 37 heavy (non-hydrogen) atoms. The molecule has 2 heterocycles. The Kier molecular flexibility index (Phi) is 8.13. The van der Waals surface area contributed by atoms with Crippen LogP contribution >= 0.6 is 22.6 Å². The number of aromatic nitrogens is 2. The standard InChI is InChI=1S/C24H21IN4O7S/c1-33-22-13-21(27-24(28-22)34-2)29-37(31,32)19-10-5-16(6-11-19)26-23(30)20-12-9-18(36-20)14-35-17-7-3-15(25)4-8-17/h3-13H,14H2,1-2H3,(H,26,30)(H,27,28,29). The molecule has 2 aromatic carbocycles. The van der Waals surface area contributed by atoms with Crippen molar-refractivity contribution in [2.24, 2.45) is 0 Å². The van der Waals surface area contributed by atoms with Crippen molar-refractivity contribution in [1.82, 2.24) is 9.97 Å². The molecule has 0 aliphatic heterocycles. The summed E-state index contributed by atoms with van der Waals surface area (Å²) in [4.78, 5) is 20.4. The quantitative estimate of drug-likeness (QED) is 0.244. The number of methoxy groups -OCH3 is 2. The Labute approximate surface area is 226 Å². The third-order valence-electron chi connectivity index (χ3n) is 4.82. The molecule has 1 amide bonds. The summed E-state index contributed by atoms with van der Waals surface area (Å²) < 4.78 is 50.2. The van der Waals surface area contributed by atoms with Crippen LogP contribution in [0.1, 0.15) is 16.3 Å². The summed E-state index contributed by atoms with van der Waals surface area (Å²) in [5, 5.41) is 2.67. The van der Waals surface area contributed by atoms with Crippen LogP contribution in [0.2, 0.25) is 0 Å². The van der Waals surface area contributed by atoms with Crippen molar-refractivity contribution < 1.29 is 31.8 Å². The van der Waals surface area contributed by atoms with Crippen molar-refractivity contribution in [2.45, 2.75) is 11.5 Å². The number of rotatable bonds is 10.